The molecule has 1 aliphatic rings. The van der Waals surface area contributed by atoms with Gasteiger partial charge >= 0.3 is 0 Å². The van der Waals surface area contributed by atoms with Crippen molar-refractivity contribution in [1.29, 1.82) is 0 Å². The standard InChI is InChI=1S/C34H41N5O/c1-23(2)40-32-20-29(28-15-17-39(18-16-28)22-27-12-7-6-8-13-27)25(4)19-31(32)37-34-35-21-26(5)33(38-34)36-30-14-10-9-11-24(30)3/h6-14,19-21,23,28H,15-18,22H2,1-5H3,(H2,35,36,37,38). The predicted molar refractivity (Wildman–Crippen MR) is 165 cm³/mol. The molecule has 1 fully saturated rings. The number of para-hydroxylation sites is 1. The molecule has 0 amide bonds. The number of ether oxygens (including phenoxy) is 1. The van der Waals surface area contributed by atoms with Crippen LogP contribution in [-0.2, 0) is 6.54 Å². The molecule has 0 spiro atoms. The summed E-state index contributed by atoms with van der Waals surface area (Å²) in [5, 5.41) is 6.93. The average Bonchev–Trinajstić information content (AvgIpc) is 2.94. The van der Waals surface area contributed by atoms with Gasteiger partial charge in [0.1, 0.15) is 11.6 Å². The van der Waals surface area contributed by atoms with Crippen LogP contribution >= 0.6 is 0 Å². The molecule has 208 valence electrons. The summed E-state index contributed by atoms with van der Waals surface area (Å²) in [6.45, 7) is 13.7. The third-order valence-electron chi connectivity index (χ3n) is 7.62. The average molecular weight is 536 g/mol. The minimum Gasteiger partial charge on any atom is -0.489 e. The molecule has 6 nitrogen and oxygen atoms in total. The topological polar surface area (TPSA) is 62.3 Å². The highest BCUT2D eigenvalue weighted by molar-refractivity contribution is 5.68. The molecule has 4 aromatic rings. The molecular formula is C34H41N5O. The largest absolute Gasteiger partial charge is 0.489 e. The normalized spacial score (nSPS) is 14.3. The van der Waals surface area contributed by atoms with Crippen LogP contribution in [0.5, 0.6) is 5.75 Å². The summed E-state index contributed by atoms with van der Waals surface area (Å²) in [7, 11) is 0. The molecule has 0 unspecified atom stereocenters. The molecule has 0 aliphatic carbocycles. The Bertz CT molecular complexity index is 1430. The predicted octanol–water partition coefficient (Wildman–Crippen LogP) is 8.06. The van der Waals surface area contributed by atoms with E-state index in [1.54, 1.807) is 0 Å². The van der Waals surface area contributed by atoms with Gasteiger partial charge in [0, 0.05) is 24.0 Å². The molecule has 1 aliphatic heterocycles. The molecule has 0 atom stereocenters. The fourth-order valence-electron chi connectivity index (χ4n) is 5.43. The van der Waals surface area contributed by atoms with Crippen molar-refractivity contribution >= 4 is 23.1 Å². The first-order valence-corrected chi connectivity index (χ1v) is 14.4. The van der Waals surface area contributed by atoms with Gasteiger partial charge in [-0.15, -0.1) is 0 Å². The lowest BCUT2D eigenvalue weighted by atomic mass is 9.86. The van der Waals surface area contributed by atoms with Crippen LogP contribution in [-0.4, -0.2) is 34.1 Å². The van der Waals surface area contributed by atoms with Gasteiger partial charge in [-0.3, -0.25) is 4.90 Å². The van der Waals surface area contributed by atoms with Gasteiger partial charge in [-0.25, -0.2) is 4.98 Å². The number of likely N-dealkylation sites (tertiary alicyclic amines) is 1. The molecule has 0 saturated carbocycles. The van der Waals surface area contributed by atoms with Gasteiger partial charge in [-0.1, -0.05) is 48.5 Å². The molecule has 3 aromatic carbocycles. The monoisotopic (exact) mass is 535 g/mol. The third kappa shape index (κ3) is 6.80. The van der Waals surface area contributed by atoms with E-state index in [1.807, 2.05) is 25.3 Å². The van der Waals surface area contributed by atoms with Gasteiger partial charge in [0.25, 0.3) is 0 Å². The molecule has 40 heavy (non-hydrogen) atoms. The number of nitrogens with zero attached hydrogens (tertiary/aromatic N) is 3. The minimum atomic E-state index is 0.0565. The maximum Gasteiger partial charge on any atom is 0.229 e. The molecular weight excluding hydrogens is 494 g/mol. The van der Waals surface area contributed by atoms with E-state index in [-0.39, 0.29) is 6.10 Å². The first-order valence-electron chi connectivity index (χ1n) is 14.4. The maximum absolute atomic E-state index is 6.33. The number of aromatic nitrogens is 2. The van der Waals surface area contributed by atoms with Crippen LogP contribution in [0.2, 0.25) is 0 Å². The van der Waals surface area contributed by atoms with Crippen molar-refractivity contribution in [2.24, 2.45) is 0 Å². The highest BCUT2D eigenvalue weighted by Crippen LogP contribution is 2.38. The number of rotatable bonds is 9. The van der Waals surface area contributed by atoms with Crippen molar-refractivity contribution in [1.82, 2.24) is 14.9 Å². The number of nitrogens with one attached hydrogen (secondary N) is 2. The summed E-state index contributed by atoms with van der Waals surface area (Å²) in [6.07, 6.45) is 4.21. The van der Waals surface area contributed by atoms with Crippen LogP contribution in [0.1, 0.15) is 60.4 Å². The van der Waals surface area contributed by atoms with Gasteiger partial charge in [0.2, 0.25) is 5.95 Å². The lowest BCUT2D eigenvalue weighted by Crippen LogP contribution is -2.32. The van der Waals surface area contributed by atoms with Gasteiger partial charge in [0.15, 0.2) is 0 Å². The Morgan fingerprint density at radius 2 is 1.57 bits per heavy atom. The SMILES string of the molecule is Cc1ccccc1Nc1nc(Nc2cc(C)c(C3CCN(Cc4ccccc4)CC3)cc2OC(C)C)ncc1C. The summed E-state index contributed by atoms with van der Waals surface area (Å²) >= 11 is 0. The molecule has 2 N–H and O–H groups in total. The van der Waals surface area contributed by atoms with E-state index in [2.05, 4.69) is 103 Å². The first-order chi connectivity index (χ1) is 19.4. The van der Waals surface area contributed by atoms with Gasteiger partial charge < -0.3 is 15.4 Å². The fraction of sp³-hybridized carbons (Fsp3) is 0.353. The summed E-state index contributed by atoms with van der Waals surface area (Å²) in [5.41, 5.74) is 8.11. The second kappa shape index (κ2) is 12.5. The number of hydrogen-bond donors (Lipinski definition) is 2. The van der Waals surface area contributed by atoms with E-state index >= 15 is 0 Å². The van der Waals surface area contributed by atoms with Crippen LogP contribution in [0, 0.1) is 20.8 Å². The quantitative estimate of drug-likeness (QED) is 0.226. The van der Waals surface area contributed by atoms with E-state index in [4.69, 9.17) is 9.72 Å². The van der Waals surface area contributed by atoms with Crippen LogP contribution in [0.4, 0.5) is 23.1 Å². The molecule has 2 heterocycles. The van der Waals surface area contributed by atoms with Crippen LogP contribution in [0.25, 0.3) is 0 Å². The van der Waals surface area contributed by atoms with Crippen LogP contribution in [0.15, 0.2) is 72.9 Å². The molecule has 6 heteroatoms. The van der Waals surface area contributed by atoms with Crippen LogP contribution < -0.4 is 15.4 Å². The Morgan fingerprint density at radius 3 is 2.30 bits per heavy atom. The van der Waals surface area contributed by atoms with Crippen LogP contribution in [0.3, 0.4) is 0 Å². The van der Waals surface area contributed by atoms with Crippen molar-refractivity contribution in [3.63, 3.8) is 0 Å². The fourth-order valence-corrected chi connectivity index (χ4v) is 5.43. The Labute approximate surface area is 238 Å². The van der Waals surface area contributed by atoms with Crippen molar-refractivity contribution in [3.8, 4) is 5.75 Å². The van der Waals surface area contributed by atoms with Crippen molar-refractivity contribution in [2.75, 3.05) is 23.7 Å². The smallest absolute Gasteiger partial charge is 0.229 e. The maximum atomic E-state index is 6.33. The van der Waals surface area contributed by atoms with E-state index in [0.29, 0.717) is 11.9 Å². The Kier molecular flexibility index (Phi) is 8.66. The van der Waals surface area contributed by atoms with Gasteiger partial charge in [-0.2, -0.15) is 4.98 Å². The lowest BCUT2D eigenvalue weighted by Gasteiger charge is -2.33. The Hall–Kier alpha value is -3.90. The molecule has 5 rings (SSSR count). The zero-order chi connectivity index (χ0) is 28.1. The van der Waals surface area contributed by atoms with E-state index in [0.717, 1.165) is 61.0 Å². The zero-order valence-corrected chi connectivity index (χ0v) is 24.4. The minimum absolute atomic E-state index is 0.0565. The molecule has 0 bridgehead atoms. The van der Waals surface area contributed by atoms with Crippen molar-refractivity contribution < 1.29 is 4.74 Å². The molecule has 1 saturated heterocycles. The number of aryl methyl sites for hydroxylation is 3. The lowest BCUT2D eigenvalue weighted by molar-refractivity contribution is 0.204. The number of piperidine rings is 1. The Balaban J connectivity index is 1.34. The second-order valence-electron chi connectivity index (χ2n) is 11.2. The van der Waals surface area contributed by atoms with Crippen molar-refractivity contribution in [2.45, 2.75) is 66.0 Å². The van der Waals surface area contributed by atoms with E-state index in [1.165, 1.54) is 22.3 Å². The Morgan fingerprint density at radius 1 is 0.850 bits per heavy atom. The van der Waals surface area contributed by atoms with Gasteiger partial charge in [-0.05, 0) is 107 Å². The summed E-state index contributed by atoms with van der Waals surface area (Å²) < 4.78 is 6.33. The second-order valence-corrected chi connectivity index (χ2v) is 11.2. The third-order valence-corrected chi connectivity index (χ3v) is 7.62. The number of anilines is 4. The first kappa shape index (κ1) is 27.7. The number of benzene rings is 3. The zero-order valence-electron chi connectivity index (χ0n) is 24.4. The highest BCUT2D eigenvalue weighted by atomic mass is 16.5. The van der Waals surface area contributed by atoms with Crippen molar-refractivity contribution in [3.05, 3.63) is 101 Å². The number of hydrogen-bond acceptors (Lipinski definition) is 6. The highest BCUT2D eigenvalue weighted by Gasteiger charge is 2.24. The molecule has 0 radical (unpaired) electrons. The van der Waals surface area contributed by atoms with Gasteiger partial charge in [0.05, 0.1) is 11.8 Å². The summed E-state index contributed by atoms with van der Waals surface area (Å²) in [5.74, 6) is 2.70. The van der Waals surface area contributed by atoms with E-state index in [9.17, 15) is 0 Å². The molecule has 1 aromatic heterocycles. The van der Waals surface area contributed by atoms with E-state index < -0.39 is 0 Å². The summed E-state index contributed by atoms with van der Waals surface area (Å²) in [6, 6.07) is 23.4. The summed E-state index contributed by atoms with van der Waals surface area (Å²) in [4.78, 5) is 12.0.